The lowest BCUT2D eigenvalue weighted by atomic mass is 10.0. The third kappa shape index (κ3) is 4.89. The highest BCUT2D eigenvalue weighted by Crippen LogP contribution is 2.36. The predicted octanol–water partition coefficient (Wildman–Crippen LogP) is 5.04. The average molecular weight is 511 g/mol. The van der Waals surface area contributed by atoms with Crippen molar-refractivity contribution < 1.29 is 29.0 Å². The fourth-order valence-electron chi connectivity index (χ4n) is 3.44. The highest BCUT2D eigenvalue weighted by Gasteiger charge is 2.43. The van der Waals surface area contributed by atoms with E-state index in [0.717, 1.165) is 9.80 Å². The topological polar surface area (TPSA) is 104 Å². The van der Waals surface area contributed by atoms with Crippen LogP contribution in [0.3, 0.4) is 0 Å². The third-order valence-corrected chi connectivity index (χ3v) is 5.51. The van der Waals surface area contributed by atoms with Crippen molar-refractivity contribution in [2.24, 2.45) is 0 Å². The molecule has 0 saturated carbocycles. The van der Waals surface area contributed by atoms with Crippen molar-refractivity contribution in [1.82, 2.24) is 0 Å². The Labute approximate surface area is 209 Å². The zero-order valence-corrected chi connectivity index (χ0v) is 19.4. The Bertz CT molecular complexity index is 1270. The first-order valence-corrected chi connectivity index (χ1v) is 10.9. The van der Waals surface area contributed by atoms with Crippen molar-refractivity contribution in [2.75, 3.05) is 16.4 Å². The van der Waals surface area contributed by atoms with Crippen LogP contribution in [0.5, 0.6) is 5.75 Å². The van der Waals surface area contributed by atoms with Gasteiger partial charge in [-0.1, -0.05) is 59.6 Å². The van der Waals surface area contributed by atoms with Gasteiger partial charge in [0.2, 0.25) is 0 Å². The molecule has 4 amide bonds. The van der Waals surface area contributed by atoms with Gasteiger partial charge in [0.05, 0.1) is 21.4 Å². The van der Waals surface area contributed by atoms with E-state index < -0.39 is 30.4 Å². The molecule has 3 aromatic rings. The predicted molar refractivity (Wildman–Crippen MR) is 131 cm³/mol. The Hall–Kier alpha value is -4.14. The SMILES string of the molecule is O=C(O)COc1c(Cl)cc(C=C2C(=O)N(c3ccccc3)C(=O)N(c3ccccc3)C2=O)cc1Cl. The van der Waals surface area contributed by atoms with E-state index in [4.69, 9.17) is 33.0 Å². The zero-order chi connectivity index (χ0) is 25.1. The van der Waals surface area contributed by atoms with Gasteiger partial charge in [-0.2, -0.15) is 0 Å². The van der Waals surface area contributed by atoms with Crippen LogP contribution >= 0.6 is 23.2 Å². The summed E-state index contributed by atoms with van der Waals surface area (Å²) in [7, 11) is 0. The number of aliphatic carboxylic acids is 1. The number of carbonyl (C=O) groups is 4. The molecule has 0 radical (unpaired) electrons. The number of amides is 4. The average Bonchev–Trinajstić information content (AvgIpc) is 2.82. The molecular weight excluding hydrogens is 495 g/mol. The molecule has 1 saturated heterocycles. The Kier molecular flexibility index (Phi) is 6.86. The maximum atomic E-state index is 13.4. The summed E-state index contributed by atoms with van der Waals surface area (Å²) in [6.45, 7) is -0.656. The van der Waals surface area contributed by atoms with E-state index >= 15 is 0 Å². The number of halogens is 2. The summed E-state index contributed by atoms with van der Waals surface area (Å²) in [5, 5.41) is 8.78. The van der Waals surface area contributed by atoms with Crippen LogP contribution in [-0.2, 0) is 14.4 Å². The molecule has 4 rings (SSSR count). The van der Waals surface area contributed by atoms with Gasteiger partial charge in [0.1, 0.15) is 5.57 Å². The van der Waals surface area contributed by atoms with E-state index in [1.165, 1.54) is 18.2 Å². The third-order valence-electron chi connectivity index (χ3n) is 4.95. The van der Waals surface area contributed by atoms with E-state index in [-0.39, 0.29) is 38.3 Å². The maximum Gasteiger partial charge on any atom is 0.343 e. The first kappa shape index (κ1) is 24.0. The van der Waals surface area contributed by atoms with Crippen molar-refractivity contribution >= 4 is 64.5 Å². The van der Waals surface area contributed by atoms with Gasteiger partial charge >= 0.3 is 12.0 Å². The monoisotopic (exact) mass is 510 g/mol. The van der Waals surface area contributed by atoms with Crippen LogP contribution in [0.25, 0.3) is 6.08 Å². The lowest BCUT2D eigenvalue weighted by Crippen LogP contribution is -2.57. The number of hydrogen-bond acceptors (Lipinski definition) is 5. The molecule has 1 heterocycles. The molecule has 35 heavy (non-hydrogen) atoms. The number of ether oxygens (including phenoxy) is 1. The number of nitrogens with zero attached hydrogens (tertiary/aromatic N) is 2. The first-order valence-electron chi connectivity index (χ1n) is 10.2. The van der Waals surface area contributed by atoms with Gasteiger partial charge in [0, 0.05) is 0 Å². The Morgan fingerprint density at radius 1 is 0.829 bits per heavy atom. The zero-order valence-electron chi connectivity index (χ0n) is 17.9. The fourth-order valence-corrected chi connectivity index (χ4v) is 4.05. The number of urea groups is 1. The van der Waals surface area contributed by atoms with Gasteiger partial charge in [-0.15, -0.1) is 0 Å². The summed E-state index contributed by atoms with van der Waals surface area (Å²) >= 11 is 12.4. The van der Waals surface area contributed by atoms with Crippen LogP contribution in [0.1, 0.15) is 5.56 Å². The summed E-state index contributed by atoms with van der Waals surface area (Å²) in [6, 6.07) is 18.4. The minimum absolute atomic E-state index is 0.0165. The van der Waals surface area contributed by atoms with E-state index in [1.54, 1.807) is 60.7 Å². The minimum Gasteiger partial charge on any atom is -0.479 e. The Morgan fingerprint density at radius 2 is 1.29 bits per heavy atom. The molecule has 8 nitrogen and oxygen atoms in total. The number of para-hydroxylation sites is 2. The standard InChI is InChI=1S/C25H16Cl2N2O6/c26-19-12-15(13-20(27)22(19)35-14-21(30)31)11-18-23(32)28(16-7-3-1-4-8-16)25(34)29(24(18)33)17-9-5-2-6-10-17/h1-13H,14H2,(H,30,31). The van der Waals surface area contributed by atoms with Crippen LogP contribution in [0.4, 0.5) is 16.2 Å². The summed E-state index contributed by atoms with van der Waals surface area (Å²) < 4.78 is 5.10. The number of rotatable bonds is 6. The van der Waals surface area contributed by atoms with E-state index in [1.807, 2.05) is 0 Å². The number of barbiturate groups is 1. The van der Waals surface area contributed by atoms with Crippen molar-refractivity contribution in [3.05, 3.63) is 94.0 Å². The number of carboxylic acids is 1. The van der Waals surface area contributed by atoms with Gasteiger partial charge in [-0.3, -0.25) is 9.59 Å². The number of benzene rings is 3. The van der Waals surface area contributed by atoms with E-state index in [0.29, 0.717) is 0 Å². The summed E-state index contributed by atoms with van der Waals surface area (Å²) in [5.74, 6) is -2.91. The molecule has 1 N–H and O–H groups in total. The summed E-state index contributed by atoms with van der Waals surface area (Å²) in [5.41, 5.74) is 0.545. The molecule has 0 aliphatic carbocycles. The molecule has 1 fully saturated rings. The van der Waals surface area contributed by atoms with Gasteiger partial charge in [-0.05, 0) is 48.0 Å². The molecule has 0 spiro atoms. The van der Waals surface area contributed by atoms with E-state index in [9.17, 15) is 19.2 Å². The second kappa shape index (κ2) is 10.0. The number of carbonyl (C=O) groups excluding carboxylic acids is 3. The molecular formula is C25H16Cl2N2O6. The van der Waals surface area contributed by atoms with Crippen molar-refractivity contribution in [3.8, 4) is 5.75 Å². The molecule has 10 heteroatoms. The lowest BCUT2D eigenvalue weighted by molar-refractivity contribution is -0.139. The summed E-state index contributed by atoms with van der Waals surface area (Å²) in [6.07, 6.45) is 1.27. The maximum absolute atomic E-state index is 13.4. The molecule has 1 aliphatic rings. The Balaban J connectivity index is 1.81. The molecule has 0 bridgehead atoms. The lowest BCUT2D eigenvalue weighted by Gasteiger charge is -2.33. The fraction of sp³-hybridized carbons (Fsp3) is 0.0400. The quantitative estimate of drug-likeness (QED) is 0.368. The summed E-state index contributed by atoms with van der Waals surface area (Å²) in [4.78, 5) is 52.7. The van der Waals surface area contributed by atoms with Gasteiger partial charge in [-0.25, -0.2) is 19.4 Å². The minimum atomic E-state index is -1.21. The molecule has 176 valence electrons. The van der Waals surface area contributed by atoms with Gasteiger partial charge < -0.3 is 9.84 Å². The van der Waals surface area contributed by atoms with E-state index in [2.05, 4.69) is 0 Å². The van der Waals surface area contributed by atoms with Crippen LogP contribution in [0.2, 0.25) is 10.0 Å². The number of anilines is 2. The molecule has 3 aromatic carbocycles. The van der Waals surface area contributed by atoms with Crippen LogP contribution < -0.4 is 14.5 Å². The van der Waals surface area contributed by atoms with Gasteiger partial charge in [0.15, 0.2) is 12.4 Å². The first-order chi connectivity index (χ1) is 16.8. The number of hydrogen-bond donors (Lipinski definition) is 1. The molecule has 0 unspecified atom stereocenters. The second-order valence-corrected chi connectivity index (χ2v) is 8.10. The number of carboxylic acid groups (broad SMARTS) is 1. The van der Waals surface area contributed by atoms with Crippen molar-refractivity contribution in [3.63, 3.8) is 0 Å². The molecule has 1 aliphatic heterocycles. The highest BCUT2D eigenvalue weighted by molar-refractivity contribution is 6.46. The normalized spacial score (nSPS) is 13.8. The smallest absolute Gasteiger partial charge is 0.343 e. The van der Waals surface area contributed by atoms with Crippen molar-refractivity contribution in [1.29, 1.82) is 0 Å². The van der Waals surface area contributed by atoms with Crippen molar-refractivity contribution in [2.45, 2.75) is 0 Å². The Morgan fingerprint density at radius 3 is 1.71 bits per heavy atom. The molecule has 0 atom stereocenters. The van der Waals surface area contributed by atoms with Crippen LogP contribution in [0.15, 0.2) is 78.4 Å². The second-order valence-electron chi connectivity index (χ2n) is 7.29. The van der Waals surface area contributed by atoms with Gasteiger partial charge in [0.25, 0.3) is 11.8 Å². The highest BCUT2D eigenvalue weighted by atomic mass is 35.5. The largest absolute Gasteiger partial charge is 0.479 e. The van der Waals surface area contributed by atoms with Crippen LogP contribution in [0, 0.1) is 0 Å². The number of imide groups is 2. The molecule has 0 aromatic heterocycles. The van der Waals surface area contributed by atoms with Crippen LogP contribution in [-0.4, -0.2) is 35.5 Å².